The Hall–Kier alpha value is -3.88. The van der Waals surface area contributed by atoms with Crippen molar-refractivity contribution in [3.8, 4) is 10.4 Å². The second-order valence-electron chi connectivity index (χ2n) is 10.3. The average molecular weight is 482 g/mol. The summed E-state index contributed by atoms with van der Waals surface area (Å²) in [5.74, 6) is 0. The molecule has 0 amide bonds. The van der Waals surface area contributed by atoms with Crippen molar-refractivity contribution in [2.45, 2.75) is 25.7 Å². The molecule has 1 aromatic heterocycles. The Morgan fingerprint density at radius 3 is 2.44 bits per heavy atom. The van der Waals surface area contributed by atoms with Gasteiger partial charge in [-0.2, -0.15) is 0 Å². The zero-order valence-electron chi connectivity index (χ0n) is 20.6. The maximum Gasteiger partial charge on any atom is 0.0587 e. The van der Waals surface area contributed by atoms with Gasteiger partial charge in [0.1, 0.15) is 0 Å². The van der Waals surface area contributed by atoms with E-state index in [0.717, 1.165) is 17.8 Å². The van der Waals surface area contributed by atoms with Crippen LogP contribution in [-0.4, -0.2) is 0 Å². The minimum Gasteiger partial charge on any atom is -0.309 e. The molecule has 5 aromatic rings. The van der Waals surface area contributed by atoms with E-state index in [1.165, 1.54) is 54.0 Å². The maximum atomic E-state index is 4.75. The van der Waals surface area contributed by atoms with Crippen LogP contribution >= 0.6 is 11.3 Å². The van der Waals surface area contributed by atoms with Crippen LogP contribution < -0.4 is 4.90 Å². The second-order valence-corrected chi connectivity index (χ2v) is 11.3. The lowest BCUT2D eigenvalue weighted by Gasteiger charge is -2.29. The fourth-order valence-electron chi connectivity index (χ4n) is 6.05. The summed E-state index contributed by atoms with van der Waals surface area (Å²) in [6.45, 7) is 9.48. The van der Waals surface area contributed by atoms with Crippen LogP contribution in [0.1, 0.15) is 41.0 Å². The summed E-state index contributed by atoms with van der Waals surface area (Å²) < 4.78 is 0. The second kappa shape index (κ2) is 7.81. The number of hydrogen-bond acceptors (Lipinski definition) is 2. The highest BCUT2D eigenvalue weighted by molar-refractivity contribution is 7.17. The maximum absolute atomic E-state index is 4.75. The number of rotatable bonds is 1. The normalized spacial score (nSPS) is 16.4. The molecule has 0 fully saturated rings. The minimum atomic E-state index is -0.0463. The number of benzene rings is 4. The molecule has 2 heterocycles. The van der Waals surface area contributed by atoms with Crippen molar-refractivity contribution in [1.29, 1.82) is 0 Å². The lowest BCUT2D eigenvalue weighted by Crippen LogP contribution is -2.18. The zero-order chi connectivity index (χ0) is 24.4. The lowest BCUT2D eigenvalue weighted by atomic mass is 9.80. The van der Waals surface area contributed by atoms with Gasteiger partial charge < -0.3 is 4.90 Å². The van der Waals surface area contributed by atoms with Gasteiger partial charge in [-0.15, -0.1) is 11.3 Å². The van der Waals surface area contributed by atoms with E-state index in [1.807, 2.05) is 11.3 Å². The van der Waals surface area contributed by atoms with Crippen molar-refractivity contribution in [1.82, 2.24) is 0 Å². The summed E-state index contributed by atoms with van der Waals surface area (Å²) >= 11 is 1.89. The van der Waals surface area contributed by atoms with E-state index in [2.05, 4.69) is 122 Å². The number of nitrogens with zero attached hydrogens (tertiary/aromatic N) is 1. The third kappa shape index (κ3) is 3.01. The molecule has 1 aliphatic carbocycles. The summed E-state index contributed by atoms with van der Waals surface area (Å²) in [5, 5.41) is 2.49. The van der Waals surface area contributed by atoms with Gasteiger partial charge in [0, 0.05) is 21.7 Å². The summed E-state index contributed by atoms with van der Waals surface area (Å²) in [6.07, 6.45) is 5.57. The Bertz CT molecular complexity index is 1710. The zero-order valence-corrected chi connectivity index (χ0v) is 21.4. The number of allylic oxidation sites excluding steroid dienone is 1. The molecule has 174 valence electrons. The van der Waals surface area contributed by atoms with Crippen LogP contribution in [0.15, 0.2) is 104 Å². The largest absolute Gasteiger partial charge is 0.309 e. The van der Waals surface area contributed by atoms with Crippen molar-refractivity contribution in [2.75, 3.05) is 4.90 Å². The third-order valence-electron chi connectivity index (χ3n) is 7.79. The molecule has 0 N–H and O–H groups in total. The Morgan fingerprint density at radius 1 is 0.806 bits per heavy atom. The summed E-state index contributed by atoms with van der Waals surface area (Å²) in [7, 11) is 0. The van der Waals surface area contributed by atoms with Crippen molar-refractivity contribution in [2.24, 2.45) is 0 Å². The van der Waals surface area contributed by atoms with Gasteiger partial charge in [0.2, 0.25) is 0 Å². The fourth-order valence-corrected chi connectivity index (χ4v) is 7.50. The Balaban J connectivity index is 1.49. The van der Waals surface area contributed by atoms with Gasteiger partial charge in [-0.05, 0) is 63.2 Å². The summed E-state index contributed by atoms with van der Waals surface area (Å²) in [6, 6.07) is 33.0. The molecule has 0 unspecified atom stereocenters. The van der Waals surface area contributed by atoms with Crippen LogP contribution in [0.2, 0.25) is 0 Å². The molecule has 0 bridgehead atoms. The monoisotopic (exact) mass is 481 g/mol. The van der Waals surface area contributed by atoms with E-state index >= 15 is 0 Å². The predicted octanol–water partition coefficient (Wildman–Crippen LogP) is 9.59. The number of fused-ring (bicyclic) bond motifs is 7. The quantitative estimate of drug-likeness (QED) is 0.230. The predicted molar refractivity (Wildman–Crippen MR) is 156 cm³/mol. The van der Waals surface area contributed by atoms with Crippen LogP contribution in [-0.2, 0) is 11.8 Å². The third-order valence-corrected chi connectivity index (χ3v) is 9.08. The van der Waals surface area contributed by atoms with Crippen LogP contribution in [0.25, 0.3) is 33.0 Å². The minimum absolute atomic E-state index is 0.0463. The Morgan fingerprint density at radius 2 is 1.56 bits per heavy atom. The molecule has 1 nitrogen and oxygen atoms in total. The summed E-state index contributed by atoms with van der Waals surface area (Å²) in [4.78, 5) is 5.01. The molecule has 36 heavy (non-hydrogen) atoms. The SMILES string of the molecule is C=C1c2sc3c(c2/C=C\Cc2ccccc2N1c1ccc2ccccc2c1)C(C)(C)c1ccccc1-3. The van der Waals surface area contributed by atoms with Crippen molar-refractivity contribution >= 4 is 45.3 Å². The first-order chi connectivity index (χ1) is 17.5. The van der Waals surface area contributed by atoms with E-state index in [0.29, 0.717) is 0 Å². The van der Waals surface area contributed by atoms with Gasteiger partial charge in [-0.1, -0.05) is 105 Å². The molecule has 7 rings (SSSR count). The molecule has 0 atom stereocenters. The first-order valence-corrected chi connectivity index (χ1v) is 13.4. The van der Waals surface area contributed by atoms with Gasteiger partial charge in [0.15, 0.2) is 0 Å². The molecule has 4 aromatic carbocycles. The van der Waals surface area contributed by atoms with Gasteiger partial charge in [0.05, 0.1) is 10.6 Å². The van der Waals surface area contributed by atoms with Gasteiger partial charge >= 0.3 is 0 Å². The topological polar surface area (TPSA) is 3.24 Å². The average Bonchev–Trinajstić information content (AvgIpc) is 3.40. The van der Waals surface area contributed by atoms with E-state index in [1.54, 1.807) is 0 Å². The fraction of sp³-hybridized carbons (Fsp3) is 0.118. The smallest absolute Gasteiger partial charge is 0.0587 e. The van der Waals surface area contributed by atoms with Gasteiger partial charge in [0.25, 0.3) is 0 Å². The Kier molecular flexibility index (Phi) is 4.64. The Labute approximate surface area is 216 Å². The number of anilines is 2. The highest BCUT2D eigenvalue weighted by Gasteiger charge is 2.40. The van der Waals surface area contributed by atoms with Gasteiger partial charge in [-0.3, -0.25) is 0 Å². The molecule has 0 radical (unpaired) electrons. The molecule has 2 aliphatic rings. The first-order valence-electron chi connectivity index (χ1n) is 12.5. The van der Waals surface area contributed by atoms with Crippen LogP contribution in [0.4, 0.5) is 11.4 Å². The van der Waals surface area contributed by atoms with Crippen molar-refractivity contribution < 1.29 is 0 Å². The van der Waals surface area contributed by atoms with E-state index in [-0.39, 0.29) is 5.41 Å². The van der Waals surface area contributed by atoms with E-state index < -0.39 is 0 Å². The number of thiophene rings is 1. The molecule has 0 saturated carbocycles. The highest BCUT2D eigenvalue weighted by atomic mass is 32.1. The molecule has 1 aliphatic heterocycles. The lowest BCUT2D eigenvalue weighted by molar-refractivity contribution is 0.660. The standard InChI is InChI=1S/C34H27NS/c1-22-32-28(31-33(36-32)27-15-7-8-17-29(27)34(31,2)3)16-10-14-24-12-6-9-18-30(24)35(22)26-20-19-23-11-4-5-13-25(23)21-26/h4-13,15-21H,1,14H2,2-3H3/b16-10-. The highest BCUT2D eigenvalue weighted by Crippen LogP contribution is 2.56. The molecular weight excluding hydrogens is 454 g/mol. The number of hydrogen-bond donors (Lipinski definition) is 0. The first kappa shape index (κ1) is 21.4. The van der Waals surface area contributed by atoms with Crippen LogP contribution in [0.3, 0.4) is 0 Å². The molecular formula is C34H27NS. The van der Waals surface area contributed by atoms with Crippen LogP contribution in [0, 0.1) is 0 Å². The number of para-hydroxylation sites is 1. The molecule has 0 saturated heterocycles. The van der Waals surface area contributed by atoms with Crippen molar-refractivity contribution in [3.05, 3.63) is 131 Å². The van der Waals surface area contributed by atoms with Crippen LogP contribution in [0.5, 0.6) is 0 Å². The molecule has 0 spiro atoms. The van der Waals surface area contributed by atoms with Gasteiger partial charge in [-0.25, -0.2) is 0 Å². The van der Waals surface area contributed by atoms with E-state index in [4.69, 9.17) is 6.58 Å². The van der Waals surface area contributed by atoms with E-state index in [9.17, 15) is 0 Å². The summed E-state index contributed by atoms with van der Waals surface area (Å²) in [5.41, 5.74) is 10.2. The molecule has 2 heteroatoms. The van der Waals surface area contributed by atoms with Crippen molar-refractivity contribution in [3.63, 3.8) is 0 Å².